The summed E-state index contributed by atoms with van der Waals surface area (Å²) >= 11 is 0. The van der Waals surface area contributed by atoms with Crippen LogP contribution in [0.3, 0.4) is 0 Å². The fourth-order valence-electron chi connectivity index (χ4n) is 2.19. The third kappa shape index (κ3) is 3.85. The highest BCUT2D eigenvalue weighted by Crippen LogP contribution is 2.29. The minimum Gasteiger partial charge on any atom is -0.385 e. The Bertz CT molecular complexity index is 495. The predicted octanol–water partition coefficient (Wildman–Crippen LogP) is 3.68. The normalized spacial score (nSPS) is 11.5. The van der Waals surface area contributed by atoms with Crippen molar-refractivity contribution in [2.24, 2.45) is 0 Å². The summed E-state index contributed by atoms with van der Waals surface area (Å²) < 4.78 is 2.11. The maximum atomic E-state index is 4.05. The van der Waals surface area contributed by atoms with Crippen molar-refractivity contribution in [3.8, 4) is 0 Å². The minimum absolute atomic E-state index is 0.175. The molecule has 2 aromatic rings. The van der Waals surface area contributed by atoms with Crippen LogP contribution < -0.4 is 5.32 Å². The van der Waals surface area contributed by atoms with Crippen LogP contribution in [-0.2, 0) is 12.0 Å². The Hall–Kier alpha value is -1.77. The van der Waals surface area contributed by atoms with E-state index in [0.717, 1.165) is 19.5 Å². The van der Waals surface area contributed by atoms with E-state index in [0.29, 0.717) is 0 Å². The Kier molecular flexibility index (Phi) is 4.25. The topological polar surface area (TPSA) is 29.9 Å². The number of aromatic nitrogens is 2. The molecule has 1 N–H and O–H groups in total. The van der Waals surface area contributed by atoms with Crippen LogP contribution in [0.4, 0.5) is 5.69 Å². The van der Waals surface area contributed by atoms with E-state index in [1.54, 1.807) is 0 Å². The van der Waals surface area contributed by atoms with Crippen LogP contribution >= 0.6 is 0 Å². The monoisotopic (exact) mass is 257 g/mol. The molecule has 3 heteroatoms. The fourth-order valence-corrected chi connectivity index (χ4v) is 2.19. The maximum Gasteiger partial charge on any atom is 0.0945 e. The van der Waals surface area contributed by atoms with Gasteiger partial charge in [-0.1, -0.05) is 39.0 Å². The van der Waals surface area contributed by atoms with E-state index in [4.69, 9.17) is 0 Å². The second-order valence-electron chi connectivity index (χ2n) is 5.88. The molecule has 0 aliphatic rings. The Morgan fingerprint density at radius 2 is 2.00 bits per heavy atom. The molecule has 0 unspecified atom stereocenters. The number of hydrogen-bond acceptors (Lipinski definition) is 2. The van der Waals surface area contributed by atoms with E-state index < -0.39 is 0 Å². The molecule has 0 aliphatic carbocycles. The van der Waals surface area contributed by atoms with E-state index in [-0.39, 0.29) is 5.41 Å². The zero-order chi connectivity index (χ0) is 13.7. The van der Waals surface area contributed by atoms with Gasteiger partial charge in [0.25, 0.3) is 0 Å². The van der Waals surface area contributed by atoms with Crippen molar-refractivity contribution in [3.05, 3.63) is 48.5 Å². The summed E-state index contributed by atoms with van der Waals surface area (Å²) in [5, 5.41) is 3.55. The van der Waals surface area contributed by atoms with Gasteiger partial charge in [0, 0.05) is 31.2 Å². The summed E-state index contributed by atoms with van der Waals surface area (Å²) in [6, 6.07) is 8.57. The van der Waals surface area contributed by atoms with Crippen molar-refractivity contribution < 1.29 is 0 Å². The van der Waals surface area contributed by atoms with Crippen molar-refractivity contribution in [1.82, 2.24) is 9.55 Å². The molecule has 2 rings (SSSR count). The first-order valence-electron chi connectivity index (χ1n) is 6.86. The molecule has 0 amide bonds. The van der Waals surface area contributed by atoms with Crippen LogP contribution in [0.15, 0.2) is 43.0 Å². The van der Waals surface area contributed by atoms with Gasteiger partial charge in [0.1, 0.15) is 0 Å². The first-order chi connectivity index (χ1) is 9.07. The Labute approximate surface area is 115 Å². The molecular formula is C16H23N3. The first kappa shape index (κ1) is 13.7. The van der Waals surface area contributed by atoms with Gasteiger partial charge in [0.15, 0.2) is 0 Å². The zero-order valence-corrected chi connectivity index (χ0v) is 12.1. The summed E-state index contributed by atoms with van der Waals surface area (Å²) in [5.41, 5.74) is 2.80. The van der Waals surface area contributed by atoms with Gasteiger partial charge in [0.2, 0.25) is 0 Å². The van der Waals surface area contributed by atoms with Crippen LogP contribution in [0.2, 0.25) is 0 Å². The van der Waals surface area contributed by atoms with E-state index in [1.807, 2.05) is 18.7 Å². The van der Waals surface area contributed by atoms with E-state index in [1.165, 1.54) is 11.3 Å². The van der Waals surface area contributed by atoms with Gasteiger partial charge in [-0.3, -0.25) is 0 Å². The lowest BCUT2D eigenvalue weighted by atomic mass is 9.86. The van der Waals surface area contributed by atoms with Crippen LogP contribution in [0.25, 0.3) is 0 Å². The number of hydrogen-bond donors (Lipinski definition) is 1. The lowest BCUT2D eigenvalue weighted by Crippen LogP contribution is -2.15. The summed E-state index contributed by atoms with van der Waals surface area (Å²) in [6.45, 7) is 8.73. The number of para-hydroxylation sites is 1. The molecule has 0 radical (unpaired) electrons. The van der Waals surface area contributed by atoms with Crippen LogP contribution in [-0.4, -0.2) is 16.1 Å². The third-order valence-electron chi connectivity index (χ3n) is 3.20. The Balaban J connectivity index is 1.89. The highest BCUT2D eigenvalue weighted by atomic mass is 15.0. The summed E-state index contributed by atoms with van der Waals surface area (Å²) in [6.07, 6.45) is 6.78. The zero-order valence-electron chi connectivity index (χ0n) is 12.1. The van der Waals surface area contributed by atoms with Gasteiger partial charge in [-0.25, -0.2) is 4.98 Å². The second kappa shape index (κ2) is 5.91. The molecular weight excluding hydrogens is 234 g/mol. The van der Waals surface area contributed by atoms with E-state index in [9.17, 15) is 0 Å². The van der Waals surface area contributed by atoms with Gasteiger partial charge < -0.3 is 9.88 Å². The number of benzene rings is 1. The summed E-state index contributed by atoms with van der Waals surface area (Å²) in [5.74, 6) is 0. The maximum absolute atomic E-state index is 4.05. The van der Waals surface area contributed by atoms with Crippen LogP contribution in [0.1, 0.15) is 32.8 Å². The number of rotatable bonds is 5. The van der Waals surface area contributed by atoms with Gasteiger partial charge >= 0.3 is 0 Å². The van der Waals surface area contributed by atoms with Gasteiger partial charge in [-0.15, -0.1) is 0 Å². The Morgan fingerprint density at radius 1 is 1.21 bits per heavy atom. The first-order valence-corrected chi connectivity index (χ1v) is 6.86. The minimum atomic E-state index is 0.175. The highest BCUT2D eigenvalue weighted by molar-refractivity contribution is 5.54. The number of aryl methyl sites for hydroxylation is 1. The molecule has 0 spiro atoms. The molecule has 0 saturated heterocycles. The van der Waals surface area contributed by atoms with Gasteiger partial charge in [-0.05, 0) is 23.5 Å². The SMILES string of the molecule is CC(C)(C)c1ccccc1NCCCn1ccnc1. The molecule has 0 fully saturated rings. The van der Waals surface area contributed by atoms with E-state index >= 15 is 0 Å². The molecule has 19 heavy (non-hydrogen) atoms. The van der Waals surface area contributed by atoms with Gasteiger partial charge in [0.05, 0.1) is 6.33 Å². The summed E-state index contributed by atoms with van der Waals surface area (Å²) in [7, 11) is 0. The van der Waals surface area contributed by atoms with E-state index in [2.05, 4.69) is 59.9 Å². The lowest BCUT2D eigenvalue weighted by molar-refractivity contribution is 0.590. The number of nitrogens with one attached hydrogen (secondary N) is 1. The van der Waals surface area contributed by atoms with Gasteiger partial charge in [-0.2, -0.15) is 0 Å². The van der Waals surface area contributed by atoms with Crippen LogP contribution in [0.5, 0.6) is 0 Å². The molecule has 1 heterocycles. The quantitative estimate of drug-likeness (QED) is 0.828. The number of imidazole rings is 1. The molecule has 1 aromatic heterocycles. The van der Waals surface area contributed by atoms with Crippen LogP contribution in [0, 0.1) is 0 Å². The average molecular weight is 257 g/mol. The highest BCUT2D eigenvalue weighted by Gasteiger charge is 2.16. The van der Waals surface area contributed by atoms with Crippen molar-refractivity contribution in [2.75, 3.05) is 11.9 Å². The predicted molar refractivity (Wildman–Crippen MR) is 80.5 cm³/mol. The number of anilines is 1. The van der Waals surface area contributed by atoms with Crippen molar-refractivity contribution >= 4 is 5.69 Å². The largest absolute Gasteiger partial charge is 0.385 e. The molecule has 3 nitrogen and oxygen atoms in total. The molecule has 0 bridgehead atoms. The second-order valence-corrected chi connectivity index (χ2v) is 5.88. The molecule has 0 aliphatic heterocycles. The fraction of sp³-hybridized carbons (Fsp3) is 0.438. The van der Waals surface area contributed by atoms with Crippen molar-refractivity contribution in [1.29, 1.82) is 0 Å². The molecule has 102 valence electrons. The van der Waals surface area contributed by atoms with Crippen molar-refractivity contribution in [3.63, 3.8) is 0 Å². The Morgan fingerprint density at radius 3 is 2.68 bits per heavy atom. The van der Waals surface area contributed by atoms with Crippen molar-refractivity contribution in [2.45, 2.75) is 39.2 Å². The molecule has 0 saturated carbocycles. The third-order valence-corrected chi connectivity index (χ3v) is 3.20. The lowest BCUT2D eigenvalue weighted by Gasteiger charge is -2.23. The average Bonchev–Trinajstić information content (AvgIpc) is 2.87. The standard InChI is InChI=1S/C16H23N3/c1-16(2,3)14-7-4-5-8-15(14)18-9-6-11-19-12-10-17-13-19/h4-5,7-8,10,12-13,18H,6,9,11H2,1-3H3. The molecule has 1 aromatic carbocycles. The smallest absolute Gasteiger partial charge is 0.0945 e. The number of nitrogens with zero attached hydrogens (tertiary/aromatic N) is 2. The summed E-state index contributed by atoms with van der Waals surface area (Å²) in [4.78, 5) is 4.05. The molecule has 0 atom stereocenters.